The Hall–Kier alpha value is -2.41. The topological polar surface area (TPSA) is 65.7 Å². The average molecular weight is 402 g/mol. The smallest absolute Gasteiger partial charge is 0.226 e. The molecule has 1 aliphatic heterocycles. The molecule has 1 aliphatic rings. The number of nitrogens with zero attached hydrogens (tertiary/aromatic N) is 3. The van der Waals surface area contributed by atoms with E-state index in [1.807, 2.05) is 0 Å². The Morgan fingerprint density at radius 1 is 1.10 bits per heavy atom. The Morgan fingerprint density at radius 3 is 2.55 bits per heavy atom. The van der Waals surface area contributed by atoms with E-state index in [-0.39, 0.29) is 5.82 Å². The van der Waals surface area contributed by atoms with Crippen LogP contribution >= 0.6 is 0 Å². The van der Waals surface area contributed by atoms with E-state index >= 15 is 0 Å². The summed E-state index contributed by atoms with van der Waals surface area (Å²) in [4.78, 5) is 11.3. The molecule has 1 saturated heterocycles. The van der Waals surface area contributed by atoms with Gasteiger partial charge in [0, 0.05) is 32.1 Å². The van der Waals surface area contributed by atoms with E-state index in [0.717, 1.165) is 43.1 Å². The fourth-order valence-electron chi connectivity index (χ4n) is 3.55. The second-order valence-corrected chi connectivity index (χ2v) is 7.44. The summed E-state index contributed by atoms with van der Waals surface area (Å²) in [5, 5.41) is 6.70. The summed E-state index contributed by atoms with van der Waals surface area (Å²) in [6, 6.07) is 6.15. The van der Waals surface area contributed by atoms with Crippen molar-refractivity contribution in [3.8, 4) is 11.5 Å². The van der Waals surface area contributed by atoms with Gasteiger partial charge in [0.2, 0.25) is 5.89 Å². The van der Waals surface area contributed by atoms with Crippen LogP contribution < -0.4 is 10.6 Å². The summed E-state index contributed by atoms with van der Waals surface area (Å²) in [7, 11) is 1.78. The molecular weight excluding hydrogens is 369 g/mol. The van der Waals surface area contributed by atoms with Crippen LogP contribution in [0.5, 0.6) is 0 Å². The fourth-order valence-corrected chi connectivity index (χ4v) is 3.55. The lowest BCUT2D eigenvalue weighted by Gasteiger charge is -2.20. The van der Waals surface area contributed by atoms with E-state index in [4.69, 9.17) is 4.42 Å². The highest BCUT2D eigenvalue weighted by atomic mass is 19.1. The van der Waals surface area contributed by atoms with Crippen molar-refractivity contribution < 1.29 is 8.81 Å². The van der Waals surface area contributed by atoms with Crippen molar-refractivity contribution >= 4 is 5.96 Å². The summed E-state index contributed by atoms with van der Waals surface area (Å²) in [6.07, 6.45) is 8.91. The molecule has 0 saturated carbocycles. The summed E-state index contributed by atoms with van der Waals surface area (Å²) in [6.45, 7) is 5.25. The number of aliphatic imine (C=N–C) groups is 1. The van der Waals surface area contributed by atoms with E-state index in [0.29, 0.717) is 12.4 Å². The number of aromatic nitrogens is 1. The number of rotatable bonds is 8. The third-order valence-corrected chi connectivity index (χ3v) is 5.18. The number of nitrogens with one attached hydrogen (secondary N) is 2. The maximum Gasteiger partial charge on any atom is 0.226 e. The molecule has 1 aromatic carbocycles. The lowest BCUT2D eigenvalue weighted by atomic mass is 10.2. The number of benzene rings is 1. The van der Waals surface area contributed by atoms with Gasteiger partial charge in [-0.15, -0.1) is 0 Å². The second kappa shape index (κ2) is 11.6. The van der Waals surface area contributed by atoms with Gasteiger partial charge in [0.05, 0.1) is 5.69 Å². The van der Waals surface area contributed by atoms with Crippen LogP contribution in [0.2, 0.25) is 0 Å². The first-order valence-electron chi connectivity index (χ1n) is 10.6. The van der Waals surface area contributed by atoms with Crippen LogP contribution in [0.25, 0.3) is 11.5 Å². The van der Waals surface area contributed by atoms with Gasteiger partial charge in [-0.25, -0.2) is 9.37 Å². The molecule has 3 rings (SSSR count). The molecular formula is C22H32FN5O. The zero-order valence-corrected chi connectivity index (χ0v) is 17.3. The lowest BCUT2D eigenvalue weighted by molar-refractivity contribution is 0.282. The van der Waals surface area contributed by atoms with Crippen LogP contribution in [0.1, 0.15) is 37.8 Å². The van der Waals surface area contributed by atoms with Crippen molar-refractivity contribution in [3.63, 3.8) is 0 Å². The number of hydrogen-bond acceptors (Lipinski definition) is 4. The molecule has 7 heteroatoms. The minimum atomic E-state index is -0.268. The fraction of sp³-hybridized carbons (Fsp3) is 0.545. The van der Waals surface area contributed by atoms with E-state index in [1.54, 1.807) is 25.4 Å². The van der Waals surface area contributed by atoms with Crippen molar-refractivity contribution in [2.75, 3.05) is 39.8 Å². The Bertz CT molecular complexity index is 751. The average Bonchev–Trinajstić information content (AvgIpc) is 3.05. The van der Waals surface area contributed by atoms with Crippen molar-refractivity contribution in [2.45, 2.75) is 38.5 Å². The highest BCUT2D eigenvalue weighted by Gasteiger charge is 2.09. The van der Waals surface area contributed by atoms with Gasteiger partial charge in [0.1, 0.15) is 12.1 Å². The van der Waals surface area contributed by atoms with Gasteiger partial charge in [0.25, 0.3) is 0 Å². The quantitative estimate of drug-likeness (QED) is 0.403. The molecule has 6 nitrogen and oxygen atoms in total. The highest BCUT2D eigenvalue weighted by Crippen LogP contribution is 2.19. The first kappa shape index (κ1) is 21.3. The molecule has 0 amide bonds. The van der Waals surface area contributed by atoms with Gasteiger partial charge in [-0.3, -0.25) is 4.99 Å². The van der Waals surface area contributed by atoms with Crippen LogP contribution in [0.15, 0.2) is 39.9 Å². The third-order valence-electron chi connectivity index (χ3n) is 5.18. The molecule has 1 fully saturated rings. The van der Waals surface area contributed by atoms with Gasteiger partial charge >= 0.3 is 0 Å². The Kier molecular flexibility index (Phi) is 8.49. The summed E-state index contributed by atoms with van der Waals surface area (Å²) >= 11 is 0. The van der Waals surface area contributed by atoms with E-state index in [1.165, 1.54) is 50.9 Å². The van der Waals surface area contributed by atoms with Crippen LogP contribution in [0.4, 0.5) is 4.39 Å². The van der Waals surface area contributed by atoms with Crippen molar-refractivity contribution in [2.24, 2.45) is 4.99 Å². The van der Waals surface area contributed by atoms with E-state index in [9.17, 15) is 4.39 Å². The number of oxazole rings is 1. The first-order valence-corrected chi connectivity index (χ1v) is 10.6. The third kappa shape index (κ3) is 7.16. The van der Waals surface area contributed by atoms with Gasteiger partial charge < -0.3 is 20.0 Å². The molecule has 0 spiro atoms. The zero-order valence-electron chi connectivity index (χ0n) is 17.3. The van der Waals surface area contributed by atoms with Crippen LogP contribution in [-0.2, 0) is 6.42 Å². The predicted molar refractivity (Wildman–Crippen MR) is 114 cm³/mol. The Balaban J connectivity index is 1.34. The van der Waals surface area contributed by atoms with Crippen molar-refractivity contribution in [3.05, 3.63) is 42.0 Å². The SMILES string of the molecule is CN=C(NCCCN1CCCCCC1)NCCc1coc(-c2ccc(F)cc2)n1. The molecule has 0 aliphatic carbocycles. The largest absolute Gasteiger partial charge is 0.444 e. The van der Waals surface area contributed by atoms with Gasteiger partial charge in [0.15, 0.2) is 5.96 Å². The van der Waals surface area contributed by atoms with Gasteiger partial charge in [-0.1, -0.05) is 12.8 Å². The van der Waals surface area contributed by atoms with Crippen molar-refractivity contribution in [1.29, 1.82) is 0 Å². The van der Waals surface area contributed by atoms with E-state index in [2.05, 4.69) is 25.5 Å². The Labute approximate surface area is 172 Å². The molecule has 2 aromatic rings. The molecule has 0 unspecified atom stereocenters. The monoisotopic (exact) mass is 401 g/mol. The maximum atomic E-state index is 13.0. The molecule has 0 bridgehead atoms. The molecule has 2 N–H and O–H groups in total. The van der Waals surface area contributed by atoms with Crippen molar-refractivity contribution in [1.82, 2.24) is 20.5 Å². The van der Waals surface area contributed by atoms with E-state index < -0.39 is 0 Å². The Morgan fingerprint density at radius 2 is 1.83 bits per heavy atom. The normalized spacial score (nSPS) is 15.9. The lowest BCUT2D eigenvalue weighted by Crippen LogP contribution is -2.39. The molecule has 158 valence electrons. The summed E-state index contributed by atoms with van der Waals surface area (Å²) in [5.74, 6) is 1.05. The second-order valence-electron chi connectivity index (χ2n) is 7.44. The van der Waals surface area contributed by atoms with Crippen LogP contribution in [0.3, 0.4) is 0 Å². The van der Waals surface area contributed by atoms with Crippen LogP contribution in [-0.4, -0.2) is 55.6 Å². The molecule has 29 heavy (non-hydrogen) atoms. The number of hydrogen-bond donors (Lipinski definition) is 2. The zero-order chi connectivity index (χ0) is 20.3. The highest BCUT2D eigenvalue weighted by molar-refractivity contribution is 5.79. The number of guanidine groups is 1. The van der Waals surface area contributed by atoms with Gasteiger partial charge in [-0.05, 0) is 63.2 Å². The minimum absolute atomic E-state index is 0.268. The van der Waals surface area contributed by atoms with Gasteiger partial charge in [-0.2, -0.15) is 0 Å². The summed E-state index contributed by atoms with van der Waals surface area (Å²) in [5.41, 5.74) is 1.63. The molecule has 1 aromatic heterocycles. The predicted octanol–water partition coefficient (Wildman–Crippen LogP) is 3.45. The minimum Gasteiger partial charge on any atom is -0.444 e. The first-order chi connectivity index (χ1) is 14.2. The standard InChI is InChI=1S/C22H32FN5O/c1-24-22(25-12-6-16-28-14-4-2-3-5-15-28)26-13-11-20-17-29-21(27-20)18-7-9-19(23)10-8-18/h7-10,17H,2-6,11-16H2,1H3,(H2,24,25,26). The molecule has 0 atom stereocenters. The van der Waals surface area contributed by atoms with Crippen LogP contribution in [0, 0.1) is 5.82 Å². The maximum absolute atomic E-state index is 13.0. The number of likely N-dealkylation sites (tertiary alicyclic amines) is 1. The molecule has 2 heterocycles. The summed E-state index contributed by atoms with van der Waals surface area (Å²) < 4.78 is 18.5. The molecule has 0 radical (unpaired) electrons. The number of halogens is 1.